The third-order valence-electron chi connectivity index (χ3n) is 2.47. The Morgan fingerprint density at radius 2 is 2.11 bits per heavy atom. The molecule has 0 radical (unpaired) electrons. The molecule has 2 aromatic heterocycles. The van der Waals surface area contributed by atoms with Gasteiger partial charge in [-0.05, 0) is 0 Å². The fourth-order valence-electron chi connectivity index (χ4n) is 1.53. The Hall–Kier alpha value is -1.27. The molecule has 0 unspecified atom stereocenters. The number of rotatable bonds is 4. The van der Waals surface area contributed by atoms with Crippen LogP contribution in [0.2, 0.25) is 0 Å². The van der Waals surface area contributed by atoms with E-state index in [1.54, 1.807) is 16.0 Å². The van der Waals surface area contributed by atoms with Crippen molar-refractivity contribution >= 4 is 11.3 Å². The summed E-state index contributed by atoms with van der Waals surface area (Å²) in [7, 11) is 0. The van der Waals surface area contributed by atoms with Gasteiger partial charge in [-0.25, -0.2) is 9.67 Å². The Kier molecular flexibility index (Phi) is 3.77. The van der Waals surface area contributed by atoms with Crippen molar-refractivity contribution < 1.29 is 5.11 Å². The van der Waals surface area contributed by atoms with Gasteiger partial charge in [-0.1, -0.05) is 26.0 Å². The molecule has 1 N–H and O–H groups in total. The van der Waals surface area contributed by atoms with E-state index in [9.17, 15) is 0 Å². The Labute approximate surface area is 110 Å². The lowest BCUT2D eigenvalue weighted by Gasteiger charge is -2.13. The highest BCUT2D eigenvalue weighted by molar-refractivity contribution is 7.09. The summed E-state index contributed by atoms with van der Waals surface area (Å²) in [5.41, 5.74) is 1.90. The molecule has 0 aromatic carbocycles. The molecule has 2 rings (SSSR count). The monoisotopic (exact) mass is 266 g/mol. The van der Waals surface area contributed by atoms with Crippen molar-refractivity contribution in [2.75, 3.05) is 6.61 Å². The highest BCUT2D eigenvalue weighted by atomic mass is 32.1. The first-order valence-electron chi connectivity index (χ1n) is 5.94. The molecule has 98 valence electrons. The topological polar surface area (TPSA) is 63.8 Å². The van der Waals surface area contributed by atoms with Gasteiger partial charge in [0.1, 0.15) is 0 Å². The predicted octanol–water partition coefficient (Wildman–Crippen LogP) is 1.62. The smallest absolute Gasteiger partial charge is 0.0982 e. The highest BCUT2D eigenvalue weighted by Crippen LogP contribution is 2.25. The normalized spacial score (nSPS) is 12.0. The molecule has 0 saturated heterocycles. The number of hydrogen-bond acceptors (Lipinski definition) is 5. The molecule has 0 spiro atoms. The summed E-state index contributed by atoms with van der Waals surface area (Å²) < 4.78 is 1.76. The lowest BCUT2D eigenvalue weighted by Crippen LogP contribution is -2.11. The number of nitrogens with zero attached hydrogens (tertiary/aromatic N) is 4. The number of aliphatic hydroxyl groups excluding tert-OH is 1. The Morgan fingerprint density at radius 3 is 2.72 bits per heavy atom. The van der Waals surface area contributed by atoms with Crippen molar-refractivity contribution in [1.29, 1.82) is 0 Å². The van der Waals surface area contributed by atoms with Crippen LogP contribution in [0, 0.1) is 0 Å². The maximum atomic E-state index is 8.82. The molecule has 0 saturated carbocycles. The maximum absolute atomic E-state index is 8.82. The molecule has 0 fully saturated rings. The standard InChI is InChI=1S/C12H18N4OS/c1-12(2,3)11-13-10(8-18-11)7-16-6-9(4-5-17)14-15-16/h6,8,17H,4-5,7H2,1-3H3. The lowest BCUT2D eigenvalue weighted by atomic mass is 9.98. The van der Waals surface area contributed by atoms with E-state index in [1.165, 1.54) is 0 Å². The van der Waals surface area contributed by atoms with E-state index in [-0.39, 0.29) is 12.0 Å². The summed E-state index contributed by atoms with van der Waals surface area (Å²) in [5.74, 6) is 0. The van der Waals surface area contributed by atoms with Crippen molar-refractivity contribution in [3.05, 3.63) is 28.0 Å². The summed E-state index contributed by atoms with van der Waals surface area (Å²) in [6.45, 7) is 7.20. The Bertz CT molecular complexity index is 512. The number of hydrogen-bond donors (Lipinski definition) is 1. The van der Waals surface area contributed by atoms with Gasteiger partial charge in [-0.15, -0.1) is 16.4 Å². The first kappa shape index (κ1) is 13.2. The van der Waals surface area contributed by atoms with Gasteiger partial charge in [0, 0.05) is 30.0 Å². The minimum Gasteiger partial charge on any atom is -0.396 e. The molecule has 2 heterocycles. The third kappa shape index (κ3) is 3.14. The van der Waals surface area contributed by atoms with Gasteiger partial charge in [-0.2, -0.15) is 0 Å². The van der Waals surface area contributed by atoms with Gasteiger partial charge >= 0.3 is 0 Å². The maximum Gasteiger partial charge on any atom is 0.0982 e. The minimum atomic E-state index is 0.0906. The largest absolute Gasteiger partial charge is 0.396 e. The molecular weight excluding hydrogens is 248 g/mol. The quantitative estimate of drug-likeness (QED) is 0.913. The van der Waals surface area contributed by atoms with Crippen molar-refractivity contribution in [1.82, 2.24) is 20.0 Å². The lowest BCUT2D eigenvalue weighted by molar-refractivity contribution is 0.298. The van der Waals surface area contributed by atoms with Crippen LogP contribution in [0.5, 0.6) is 0 Å². The van der Waals surface area contributed by atoms with Crippen LogP contribution < -0.4 is 0 Å². The average Bonchev–Trinajstić information content (AvgIpc) is 2.88. The summed E-state index contributed by atoms with van der Waals surface area (Å²) in [4.78, 5) is 4.61. The van der Waals surface area contributed by atoms with Crippen LogP contribution in [0.3, 0.4) is 0 Å². The number of thiazole rings is 1. The zero-order chi connectivity index (χ0) is 13.2. The van der Waals surface area contributed by atoms with Gasteiger partial charge < -0.3 is 5.11 Å². The number of aliphatic hydroxyl groups is 1. The van der Waals surface area contributed by atoms with E-state index in [0.29, 0.717) is 13.0 Å². The SMILES string of the molecule is CC(C)(C)c1nc(Cn2cc(CCO)nn2)cs1. The van der Waals surface area contributed by atoms with Crippen molar-refractivity contribution in [2.24, 2.45) is 0 Å². The molecule has 0 atom stereocenters. The second-order valence-electron chi connectivity index (χ2n) is 5.28. The van der Waals surface area contributed by atoms with E-state index >= 15 is 0 Å². The molecule has 0 aliphatic carbocycles. The van der Waals surface area contributed by atoms with Crippen LogP contribution in [0.1, 0.15) is 37.2 Å². The molecule has 0 aliphatic heterocycles. The van der Waals surface area contributed by atoms with Gasteiger partial charge in [0.15, 0.2) is 0 Å². The molecule has 6 heteroatoms. The number of aromatic nitrogens is 4. The second kappa shape index (κ2) is 5.16. The third-order valence-corrected chi connectivity index (χ3v) is 3.79. The Balaban J connectivity index is 2.06. The molecule has 0 amide bonds. The fraction of sp³-hybridized carbons (Fsp3) is 0.583. The molecule has 2 aromatic rings. The van der Waals surface area contributed by atoms with Crippen LogP contribution in [0.4, 0.5) is 0 Å². The van der Waals surface area contributed by atoms with Gasteiger partial charge in [0.2, 0.25) is 0 Å². The molecule has 18 heavy (non-hydrogen) atoms. The van der Waals surface area contributed by atoms with Crippen LogP contribution in [0.25, 0.3) is 0 Å². The molecular formula is C12H18N4OS. The van der Waals surface area contributed by atoms with E-state index in [2.05, 4.69) is 41.4 Å². The van der Waals surface area contributed by atoms with E-state index in [4.69, 9.17) is 5.11 Å². The summed E-state index contributed by atoms with van der Waals surface area (Å²) in [6, 6.07) is 0. The van der Waals surface area contributed by atoms with Gasteiger partial charge in [-0.3, -0.25) is 0 Å². The zero-order valence-corrected chi connectivity index (χ0v) is 11.7. The predicted molar refractivity (Wildman–Crippen MR) is 70.7 cm³/mol. The van der Waals surface area contributed by atoms with Crippen LogP contribution in [0.15, 0.2) is 11.6 Å². The molecule has 0 aliphatic rings. The highest BCUT2D eigenvalue weighted by Gasteiger charge is 2.18. The van der Waals surface area contributed by atoms with Crippen LogP contribution in [-0.4, -0.2) is 31.7 Å². The van der Waals surface area contributed by atoms with Crippen molar-refractivity contribution in [3.8, 4) is 0 Å². The minimum absolute atomic E-state index is 0.0906. The van der Waals surface area contributed by atoms with Gasteiger partial charge in [0.25, 0.3) is 0 Å². The van der Waals surface area contributed by atoms with E-state index < -0.39 is 0 Å². The summed E-state index contributed by atoms with van der Waals surface area (Å²) >= 11 is 1.68. The van der Waals surface area contributed by atoms with Crippen LogP contribution in [-0.2, 0) is 18.4 Å². The summed E-state index contributed by atoms with van der Waals surface area (Å²) in [6.07, 6.45) is 2.40. The first-order chi connectivity index (χ1) is 8.49. The average molecular weight is 266 g/mol. The first-order valence-corrected chi connectivity index (χ1v) is 6.82. The second-order valence-corrected chi connectivity index (χ2v) is 6.13. The van der Waals surface area contributed by atoms with Crippen molar-refractivity contribution in [2.45, 2.75) is 39.2 Å². The zero-order valence-electron chi connectivity index (χ0n) is 10.9. The fourth-order valence-corrected chi connectivity index (χ4v) is 2.43. The van der Waals surface area contributed by atoms with Crippen molar-refractivity contribution in [3.63, 3.8) is 0 Å². The van der Waals surface area contributed by atoms with Crippen LogP contribution >= 0.6 is 11.3 Å². The van der Waals surface area contributed by atoms with E-state index in [1.807, 2.05) is 6.20 Å². The summed E-state index contributed by atoms with van der Waals surface area (Å²) in [5, 5.41) is 20.0. The van der Waals surface area contributed by atoms with Gasteiger partial charge in [0.05, 0.1) is 22.9 Å². The Morgan fingerprint density at radius 1 is 1.33 bits per heavy atom. The molecule has 0 bridgehead atoms. The van der Waals surface area contributed by atoms with E-state index in [0.717, 1.165) is 16.4 Å². The molecule has 5 nitrogen and oxygen atoms in total.